The lowest BCUT2D eigenvalue weighted by Gasteiger charge is -2.14. The second kappa shape index (κ2) is 9.38. The summed E-state index contributed by atoms with van der Waals surface area (Å²) in [6.07, 6.45) is -1.76. The summed E-state index contributed by atoms with van der Waals surface area (Å²) in [4.78, 5) is 10.2. The van der Waals surface area contributed by atoms with Gasteiger partial charge in [-0.15, -0.1) is 11.8 Å². The van der Waals surface area contributed by atoms with Gasteiger partial charge in [0.1, 0.15) is 5.75 Å². The molecule has 0 saturated heterocycles. The third kappa shape index (κ3) is 6.57. The van der Waals surface area contributed by atoms with Gasteiger partial charge in [-0.3, -0.25) is 0 Å². The van der Waals surface area contributed by atoms with Crippen molar-refractivity contribution < 1.29 is 22.8 Å². The van der Waals surface area contributed by atoms with E-state index in [0.717, 1.165) is 29.1 Å². The minimum atomic E-state index is -4.97. The van der Waals surface area contributed by atoms with Crippen LogP contribution in [0, 0.1) is 0 Å². The summed E-state index contributed by atoms with van der Waals surface area (Å²) in [6, 6.07) is 12.4. The first-order valence-corrected chi connectivity index (χ1v) is 11.1. The van der Waals surface area contributed by atoms with Crippen LogP contribution in [0.1, 0.15) is 12.0 Å². The maximum atomic E-state index is 12.4. The van der Waals surface area contributed by atoms with E-state index >= 15 is 0 Å². The van der Waals surface area contributed by atoms with Gasteiger partial charge in [0.2, 0.25) is 0 Å². The Morgan fingerprint density at radius 1 is 1.28 bits per heavy atom. The molecule has 0 aliphatic rings. The van der Waals surface area contributed by atoms with Gasteiger partial charge < -0.3 is 9.42 Å². The molecular weight excluding hydrogens is 457 g/mol. The van der Waals surface area contributed by atoms with Gasteiger partial charge in [-0.25, -0.2) is 4.57 Å². The Kier molecular flexibility index (Phi) is 7.77. The van der Waals surface area contributed by atoms with Crippen LogP contribution in [0.2, 0.25) is 5.02 Å². The first-order chi connectivity index (χ1) is 11.8. The first-order valence-electron chi connectivity index (χ1n) is 7.25. The lowest BCUT2D eigenvalue weighted by Crippen LogP contribution is -2.01. The first kappa shape index (κ1) is 20.7. The van der Waals surface area contributed by atoms with Gasteiger partial charge in [-0.2, -0.15) is 8.78 Å². The Balaban J connectivity index is 1.87. The monoisotopic (exact) mass is 470 g/mol. The second-order valence-corrected chi connectivity index (χ2v) is 9.27. The quantitative estimate of drug-likeness (QED) is 0.267. The molecule has 3 nitrogen and oxygen atoms in total. The van der Waals surface area contributed by atoms with E-state index in [1.165, 1.54) is 6.07 Å². The van der Waals surface area contributed by atoms with Crippen molar-refractivity contribution in [3.05, 3.63) is 57.5 Å². The molecule has 0 amide bonds. The Morgan fingerprint density at radius 3 is 2.68 bits per heavy atom. The zero-order valence-corrected chi connectivity index (χ0v) is 16.9. The van der Waals surface area contributed by atoms with Gasteiger partial charge in [0.25, 0.3) is 0 Å². The van der Waals surface area contributed by atoms with Crippen molar-refractivity contribution in [3.8, 4) is 5.75 Å². The highest BCUT2D eigenvalue weighted by atomic mass is 79.9. The van der Waals surface area contributed by atoms with Crippen molar-refractivity contribution in [2.75, 3.05) is 5.75 Å². The van der Waals surface area contributed by atoms with E-state index in [4.69, 9.17) is 16.5 Å². The number of thioether (sulfide) groups is 1. The van der Waals surface area contributed by atoms with Crippen molar-refractivity contribution in [1.82, 2.24) is 0 Å². The molecule has 25 heavy (non-hydrogen) atoms. The average molecular weight is 472 g/mol. The van der Waals surface area contributed by atoms with Gasteiger partial charge in [0, 0.05) is 9.92 Å². The second-order valence-electron chi connectivity index (χ2n) is 5.11. The van der Waals surface area contributed by atoms with Crippen LogP contribution in [0.3, 0.4) is 0 Å². The number of alkyl halides is 2. The van der Waals surface area contributed by atoms with Crippen LogP contribution in [-0.4, -0.2) is 16.8 Å². The summed E-state index contributed by atoms with van der Waals surface area (Å²) in [5, 5.41) is 0.703. The molecule has 0 aliphatic carbocycles. The minimum absolute atomic E-state index is 0.0804. The molecule has 0 aromatic heterocycles. The third-order valence-electron chi connectivity index (χ3n) is 3.15. The molecule has 1 unspecified atom stereocenters. The predicted octanol–water partition coefficient (Wildman–Crippen LogP) is 6.61. The maximum Gasteiger partial charge on any atom is 0.442 e. The fourth-order valence-electron chi connectivity index (χ4n) is 1.98. The standard InChI is InChI=1S/C16H15BrClF2O3PS/c17-14-9-11(6-7-15(14)23-24(21,22)16(19)20)3-2-8-25-13-5-1-4-12(18)10-13/h1,4-7,9-10,16H,2-3,8H2,(H,21,22). The number of rotatable bonds is 8. The van der Waals surface area contributed by atoms with E-state index in [1.807, 2.05) is 24.3 Å². The van der Waals surface area contributed by atoms with E-state index in [2.05, 4.69) is 20.5 Å². The summed E-state index contributed by atoms with van der Waals surface area (Å²) in [7, 11) is -4.97. The SMILES string of the molecule is O=P(O)(Oc1ccc(CCCSc2cccc(Cl)c2)cc1Br)C(F)F. The fraction of sp³-hybridized carbons (Fsp3) is 0.250. The zero-order valence-electron chi connectivity index (χ0n) is 12.9. The molecule has 2 aromatic rings. The highest BCUT2D eigenvalue weighted by Crippen LogP contribution is 2.50. The van der Waals surface area contributed by atoms with Gasteiger partial charge >= 0.3 is 13.8 Å². The minimum Gasteiger partial charge on any atom is -0.420 e. The molecule has 0 aliphatic heterocycles. The lowest BCUT2D eigenvalue weighted by atomic mass is 10.1. The van der Waals surface area contributed by atoms with E-state index in [0.29, 0.717) is 9.50 Å². The van der Waals surface area contributed by atoms with Crippen LogP contribution < -0.4 is 4.52 Å². The molecule has 1 N–H and O–H groups in total. The Hall–Kier alpha value is -0.590. The van der Waals surface area contributed by atoms with Crippen molar-refractivity contribution in [2.24, 2.45) is 0 Å². The van der Waals surface area contributed by atoms with Crippen molar-refractivity contribution in [1.29, 1.82) is 0 Å². The zero-order chi connectivity index (χ0) is 18.4. The van der Waals surface area contributed by atoms with Crippen molar-refractivity contribution >= 4 is 46.9 Å². The molecule has 0 fully saturated rings. The van der Waals surface area contributed by atoms with Crippen molar-refractivity contribution in [2.45, 2.75) is 23.9 Å². The van der Waals surface area contributed by atoms with E-state index in [1.54, 1.807) is 23.9 Å². The number of benzene rings is 2. The molecule has 0 radical (unpaired) electrons. The average Bonchev–Trinajstić information content (AvgIpc) is 2.54. The normalized spacial score (nSPS) is 13.7. The highest BCUT2D eigenvalue weighted by molar-refractivity contribution is 9.10. The maximum absolute atomic E-state index is 12.4. The molecule has 1 atom stereocenters. The largest absolute Gasteiger partial charge is 0.442 e. The van der Waals surface area contributed by atoms with Gasteiger partial charge in [-0.05, 0) is 70.4 Å². The predicted molar refractivity (Wildman–Crippen MR) is 101 cm³/mol. The molecule has 0 saturated carbocycles. The summed E-state index contributed by atoms with van der Waals surface area (Å²) in [5.41, 5.74) is 0.968. The third-order valence-corrected chi connectivity index (χ3v) is 6.03. The number of aryl methyl sites for hydroxylation is 1. The molecule has 9 heteroatoms. The summed E-state index contributed by atoms with van der Waals surface area (Å²) >= 11 is 10.8. The molecule has 2 rings (SSSR count). The lowest BCUT2D eigenvalue weighted by molar-refractivity contribution is 0.188. The van der Waals surface area contributed by atoms with Crippen LogP contribution >= 0.6 is 46.9 Å². The Morgan fingerprint density at radius 2 is 2.04 bits per heavy atom. The number of hydrogen-bond donors (Lipinski definition) is 1. The molecule has 0 heterocycles. The van der Waals surface area contributed by atoms with Gasteiger partial charge in [0.05, 0.1) is 4.47 Å². The van der Waals surface area contributed by atoms with E-state index in [-0.39, 0.29) is 5.75 Å². The van der Waals surface area contributed by atoms with Gasteiger partial charge in [-0.1, -0.05) is 23.7 Å². The topological polar surface area (TPSA) is 46.5 Å². The smallest absolute Gasteiger partial charge is 0.420 e. The van der Waals surface area contributed by atoms with Crippen LogP contribution in [0.25, 0.3) is 0 Å². The fourth-order valence-corrected chi connectivity index (χ4v) is 4.30. The summed E-state index contributed by atoms with van der Waals surface area (Å²) < 4.78 is 41.0. The van der Waals surface area contributed by atoms with Crippen LogP contribution in [0.4, 0.5) is 8.78 Å². The van der Waals surface area contributed by atoms with Crippen LogP contribution in [-0.2, 0) is 11.0 Å². The highest BCUT2D eigenvalue weighted by Gasteiger charge is 2.34. The van der Waals surface area contributed by atoms with Crippen LogP contribution in [0.15, 0.2) is 51.8 Å². The molecule has 2 aromatic carbocycles. The Labute approximate surface area is 162 Å². The molecule has 0 bridgehead atoms. The van der Waals surface area contributed by atoms with E-state index in [9.17, 15) is 13.3 Å². The van der Waals surface area contributed by atoms with Gasteiger partial charge in [0.15, 0.2) is 0 Å². The molecular formula is C16H15BrClF2O3PS. The summed E-state index contributed by atoms with van der Waals surface area (Å²) in [5.74, 6) is 0.816. The molecule has 0 spiro atoms. The number of hydrogen-bond acceptors (Lipinski definition) is 3. The number of halogens is 4. The van der Waals surface area contributed by atoms with E-state index < -0.39 is 13.8 Å². The Bertz CT molecular complexity index is 779. The van der Waals surface area contributed by atoms with Crippen LogP contribution in [0.5, 0.6) is 5.75 Å². The summed E-state index contributed by atoms with van der Waals surface area (Å²) in [6.45, 7) is 0. The molecule has 136 valence electrons. The van der Waals surface area contributed by atoms with Crippen molar-refractivity contribution in [3.63, 3.8) is 0 Å².